The van der Waals surface area contributed by atoms with Crippen LogP contribution in [0.5, 0.6) is 0 Å². The van der Waals surface area contributed by atoms with E-state index < -0.39 is 0 Å². The number of nitrogens with one attached hydrogen (secondary N) is 1. The average Bonchev–Trinajstić information content (AvgIpc) is 2.33. The molecular weight excluding hydrogens is 144 g/mol. The number of nitrogen functional groups attached to an aromatic ring is 1. The molecule has 0 unspecified atom stereocenters. The third-order valence-electron chi connectivity index (χ3n) is 1.31. The molecule has 1 aromatic rings. The maximum atomic E-state index is 11.2. The van der Waals surface area contributed by atoms with Gasteiger partial charge in [0.25, 0.3) is 5.91 Å². The second kappa shape index (κ2) is 2.61. The molecule has 0 aliphatic heterocycles. The molecular formula is C6H10N4O. The fourth-order valence-corrected chi connectivity index (χ4v) is 0.707. The molecule has 0 aliphatic rings. The Labute approximate surface area is 64.2 Å². The number of aromatic amines is 1. The van der Waals surface area contributed by atoms with Gasteiger partial charge in [-0.05, 0) is 0 Å². The van der Waals surface area contributed by atoms with Crippen molar-refractivity contribution >= 4 is 11.7 Å². The zero-order valence-electron chi connectivity index (χ0n) is 6.46. The molecule has 0 radical (unpaired) electrons. The molecule has 0 fully saturated rings. The summed E-state index contributed by atoms with van der Waals surface area (Å²) in [5.74, 6) is 0.167. The summed E-state index contributed by atoms with van der Waals surface area (Å²) in [6.45, 7) is 0. The smallest absolute Gasteiger partial charge is 0.258 e. The van der Waals surface area contributed by atoms with Gasteiger partial charge in [0.15, 0.2) is 0 Å². The molecule has 0 saturated carbocycles. The van der Waals surface area contributed by atoms with Gasteiger partial charge >= 0.3 is 0 Å². The van der Waals surface area contributed by atoms with Gasteiger partial charge in [0.1, 0.15) is 11.4 Å². The Hall–Kier alpha value is -1.52. The summed E-state index contributed by atoms with van der Waals surface area (Å²) in [4.78, 5) is 12.7. The van der Waals surface area contributed by atoms with Gasteiger partial charge < -0.3 is 10.6 Å². The molecule has 0 bridgehead atoms. The summed E-state index contributed by atoms with van der Waals surface area (Å²) in [6.07, 6.45) is 1.41. The van der Waals surface area contributed by atoms with Crippen LogP contribution < -0.4 is 5.73 Å². The summed E-state index contributed by atoms with van der Waals surface area (Å²) in [7, 11) is 3.32. The largest absolute Gasteiger partial charge is 0.383 e. The van der Waals surface area contributed by atoms with Crippen LogP contribution in [0.1, 0.15) is 10.4 Å². The van der Waals surface area contributed by atoms with Crippen LogP contribution in [-0.2, 0) is 0 Å². The number of anilines is 1. The molecule has 1 rings (SSSR count). The van der Waals surface area contributed by atoms with Crippen LogP contribution in [0, 0.1) is 0 Å². The normalized spacial score (nSPS) is 9.64. The zero-order valence-corrected chi connectivity index (χ0v) is 6.46. The Kier molecular flexibility index (Phi) is 1.80. The molecule has 11 heavy (non-hydrogen) atoms. The van der Waals surface area contributed by atoms with Gasteiger partial charge in [-0.25, -0.2) is 0 Å². The van der Waals surface area contributed by atoms with Gasteiger partial charge in [-0.2, -0.15) is 5.10 Å². The predicted octanol–water partition coefficient (Wildman–Crippen LogP) is -0.306. The van der Waals surface area contributed by atoms with Crippen LogP contribution in [0.2, 0.25) is 0 Å². The summed E-state index contributed by atoms with van der Waals surface area (Å²) < 4.78 is 0. The lowest BCUT2D eigenvalue weighted by Gasteiger charge is -2.07. The van der Waals surface area contributed by atoms with E-state index in [1.807, 2.05) is 0 Å². The molecule has 0 aromatic carbocycles. The van der Waals surface area contributed by atoms with Crippen LogP contribution in [0.4, 0.5) is 5.82 Å². The first-order valence-electron chi connectivity index (χ1n) is 3.13. The highest BCUT2D eigenvalue weighted by Gasteiger charge is 2.12. The van der Waals surface area contributed by atoms with Crippen molar-refractivity contribution in [3.63, 3.8) is 0 Å². The minimum atomic E-state index is -0.142. The Balaban J connectivity index is 2.93. The maximum Gasteiger partial charge on any atom is 0.258 e. The van der Waals surface area contributed by atoms with Crippen molar-refractivity contribution < 1.29 is 4.79 Å². The van der Waals surface area contributed by atoms with Crippen molar-refractivity contribution in [2.75, 3.05) is 19.8 Å². The number of hydrogen-bond acceptors (Lipinski definition) is 3. The van der Waals surface area contributed by atoms with Gasteiger partial charge in [0, 0.05) is 14.1 Å². The van der Waals surface area contributed by atoms with Crippen molar-refractivity contribution in [3.05, 3.63) is 11.8 Å². The Morgan fingerprint density at radius 3 is 2.73 bits per heavy atom. The van der Waals surface area contributed by atoms with Crippen molar-refractivity contribution in [1.82, 2.24) is 15.1 Å². The van der Waals surface area contributed by atoms with Gasteiger partial charge in [-0.15, -0.1) is 0 Å². The third kappa shape index (κ3) is 1.31. The molecule has 0 spiro atoms. The summed E-state index contributed by atoms with van der Waals surface area (Å²) in [6, 6.07) is 0. The number of rotatable bonds is 1. The second-order valence-corrected chi connectivity index (χ2v) is 2.40. The van der Waals surface area contributed by atoms with Crippen LogP contribution in [-0.4, -0.2) is 35.1 Å². The van der Waals surface area contributed by atoms with Gasteiger partial charge in [-0.3, -0.25) is 9.89 Å². The highest BCUT2D eigenvalue weighted by atomic mass is 16.2. The van der Waals surface area contributed by atoms with Crippen LogP contribution in [0.25, 0.3) is 0 Å². The van der Waals surface area contributed by atoms with Crippen LogP contribution >= 0.6 is 0 Å². The maximum absolute atomic E-state index is 11.2. The van der Waals surface area contributed by atoms with Crippen molar-refractivity contribution in [2.45, 2.75) is 0 Å². The van der Waals surface area contributed by atoms with E-state index in [1.165, 1.54) is 11.1 Å². The fraction of sp³-hybridized carbons (Fsp3) is 0.333. The van der Waals surface area contributed by atoms with Crippen molar-refractivity contribution in [1.29, 1.82) is 0 Å². The lowest BCUT2D eigenvalue weighted by Crippen LogP contribution is -2.22. The highest BCUT2D eigenvalue weighted by molar-refractivity contribution is 5.97. The predicted molar refractivity (Wildman–Crippen MR) is 41.0 cm³/mol. The topological polar surface area (TPSA) is 75.0 Å². The first kappa shape index (κ1) is 7.59. The number of hydrogen-bond donors (Lipinski definition) is 2. The molecule has 60 valence electrons. The van der Waals surface area contributed by atoms with E-state index in [-0.39, 0.29) is 5.91 Å². The average molecular weight is 154 g/mol. The second-order valence-electron chi connectivity index (χ2n) is 2.40. The number of nitrogens with zero attached hydrogens (tertiary/aromatic N) is 2. The van der Waals surface area contributed by atoms with E-state index in [4.69, 9.17) is 5.73 Å². The van der Waals surface area contributed by atoms with E-state index >= 15 is 0 Å². The monoisotopic (exact) mass is 154 g/mol. The number of nitrogens with two attached hydrogens (primary N) is 1. The van der Waals surface area contributed by atoms with Crippen molar-refractivity contribution in [2.24, 2.45) is 0 Å². The molecule has 1 aromatic heterocycles. The molecule has 0 saturated heterocycles. The minimum Gasteiger partial charge on any atom is -0.383 e. The lowest BCUT2D eigenvalue weighted by molar-refractivity contribution is 0.0828. The lowest BCUT2D eigenvalue weighted by atomic mass is 10.3. The molecule has 0 aliphatic carbocycles. The first-order chi connectivity index (χ1) is 5.13. The SMILES string of the molecule is CN(C)C(=O)c1cn[nH]c1N. The summed E-state index contributed by atoms with van der Waals surface area (Å²) in [5, 5.41) is 6.11. The van der Waals surface area contributed by atoms with E-state index in [1.54, 1.807) is 14.1 Å². The standard InChI is InChI=1S/C6H10N4O/c1-10(2)6(11)4-3-8-9-5(4)7/h3H,1-2H3,(H3,7,8,9). The number of amides is 1. The quantitative estimate of drug-likeness (QED) is 0.582. The molecule has 3 N–H and O–H groups in total. The first-order valence-corrected chi connectivity index (χ1v) is 3.13. The number of carbonyl (C=O) groups excluding carboxylic acids is 1. The number of carbonyl (C=O) groups is 1. The van der Waals surface area contributed by atoms with E-state index in [2.05, 4.69) is 10.2 Å². The number of aromatic nitrogens is 2. The zero-order chi connectivity index (χ0) is 8.43. The molecule has 1 amide bonds. The Morgan fingerprint density at radius 1 is 1.73 bits per heavy atom. The van der Waals surface area contributed by atoms with E-state index in [9.17, 15) is 4.79 Å². The van der Waals surface area contributed by atoms with Gasteiger partial charge in [0.05, 0.1) is 6.20 Å². The minimum absolute atomic E-state index is 0.142. The van der Waals surface area contributed by atoms with Gasteiger partial charge in [-0.1, -0.05) is 0 Å². The number of H-pyrrole nitrogens is 1. The fourth-order valence-electron chi connectivity index (χ4n) is 0.707. The van der Waals surface area contributed by atoms with Crippen molar-refractivity contribution in [3.8, 4) is 0 Å². The summed E-state index contributed by atoms with van der Waals surface area (Å²) >= 11 is 0. The summed E-state index contributed by atoms with van der Waals surface area (Å²) in [5.41, 5.74) is 5.83. The van der Waals surface area contributed by atoms with Crippen LogP contribution in [0.15, 0.2) is 6.20 Å². The molecule has 5 heteroatoms. The van der Waals surface area contributed by atoms with Gasteiger partial charge in [0.2, 0.25) is 0 Å². The molecule has 0 atom stereocenters. The molecule has 1 heterocycles. The van der Waals surface area contributed by atoms with E-state index in [0.717, 1.165) is 0 Å². The Bertz CT molecular complexity index is 265. The highest BCUT2D eigenvalue weighted by Crippen LogP contribution is 2.07. The molecule has 5 nitrogen and oxygen atoms in total. The van der Waals surface area contributed by atoms with E-state index in [0.29, 0.717) is 11.4 Å². The van der Waals surface area contributed by atoms with Crippen LogP contribution in [0.3, 0.4) is 0 Å². The third-order valence-corrected chi connectivity index (χ3v) is 1.31. The Morgan fingerprint density at radius 2 is 2.36 bits per heavy atom.